The lowest BCUT2D eigenvalue weighted by Gasteiger charge is -2.17. The zero-order valence-corrected chi connectivity index (χ0v) is 9.16. The van der Waals surface area contributed by atoms with E-state index >= 15 is 0 Å². The molecule has 1 aromatic rings. The monoisotopic (exact) mass is 215 g/mol. The van der Waals surface area contributed by atoms with Gasteiger partial charge < -0.3 is 9.64 Å². The summed E-state index contributed by atoms with van der Waals surface area (Å²) in [6.07, 6.45) is 3.53. The second-order valence-electron chi connectivity index (χ2n) is 2.91. The normalized spacial score (nSPS) is 10.2. The summed E-state index contributed by atoms with van der Waals surface area (Å²) in [5.41, 5.74) is 0.968. The molecule has 1 aromatic heterocycles. The second kappa shape index (κ2) is 5.78. The van der Waals surface area contributed by atoms with Crippen molar-refractivity contribution in [1.29, 1.82) is 0 Å². The van der Waals surface area contributed by atoms with Crippen molar-refractivity contribution in [3.63, 3.8) is 0 Å². The number of aromatic nitrogens is 2. The number of hydrogen-bond acceptors (Lipinski definition) is 4. The molecular formula is C9H14ClN3O. The van der Waals surface area contributed by atoms with Crippen molar-refractivity contribution < 1.29 is 4.74 Å². The Morgan fingerprint density at radius 3 is 2.57 bits per heavy atom. The molecule has 0 saturated carbocycles. The van der Waals surface area contributed by atoms with Gasteiger partial charge in [0, 0.05) is 20.7 Å². The zero-order valence-electron chi connectivity index (χ0n) is 8.40. The van der Waals surface area contributed by atoms with Gasteiger partial charge in [-0.25, -0.2) is 9.97 Å². The van der Waals surface area contributed by atoms with Crippen molar-refractivity contribution in [2.24, 2.45) is 0 Å². The van der Waals surface area contributed by atoms with Gasteiger partial charge in [-0.15, -0.1) is 11.6 Å². The van der Waals surface area contributed by atoms with E-state index in [0.29, 0.717) is 18.3 Å². The highest BCUT2D eigenvalue weighted by Crippen LogP contribution is 2.08. The van der Waals surface area contributed by atoms with Crippen LogP contribution < -0.4 is 4.90 Å². The Kier molecular flexibility index (Phi) is 4.62. The van der Waals surface area contributed by atoms with Crippen LogP contribution in [-0.2, 0) is 10.6 Å². The number of alkyl halides is 1. The fourth-order valence-corrected chi connectivity index (χ4v) is 1.11. The Bertz CT molecular complexity index is 265. The maximum atomic E-state index is 5.58. The fourth-order valence-electron chi connectivity index (χ4n) is 0.971. The van der Waals surface area contributed by atoms with E-state index in [1.807, 2.05) is 11.9 Å². The molecule has 0 spiro atoms. The SMILES string of the molecule is COCCN(C)c1cnc(CCl)nc1. The molecule has 78 valence electrons. The van der Waals surface area contributed by atoms with Crippen molar-refractivity contribution in [2.45, 2.75) is 5.88 Å². The minimum absolute atomic E-state index is 0.349. The van der Waals surface area contributed by atoms with Crippen molar-refractivity contribution in [3.05, 3.63) is 18.2 Å². The van der Waals surface area contributed by atoms with E-state index in [4.69, 9.17) is 16.3 Å². The number of anilines is 1. The van der Waals surface area contributed by atoms with E-state index < -0.39 is 0 Å². The van der Waals surface area contributed by atoms with Crippen LogP contribution in [-0.4, -0.2) is 37.3 Å². The number of likely N-dealkylation sites (N-methyl/N-ethyl adjacent to an activating group) is 1. The lowest BCUT2D eigenvalue weighted by atomic mass is 10.4. The topological polar surface area (TPSA) is 38.2 Å². The molecule has 0 fully saturated rings. The molecule has 0 N–H and O–H groups in total. The molecule has 0 unspecified atom stereocenters. The molecule has 0 saturated heterocycles. The van der Waals surface area contributed by atoms with E-state index in [2.05, 4.69) is 9.97 Å². The molecule has 0 radical (unpaired) electrons. The Morgan fingerprint density at radius 2 is 2.07 bits per heavy atom. The molecule has 0 aliphatic carbocycles. The Balaban J connectivity index is 2.57. The van der Waals surface area contributed by atoms with Crippen LogP contribution in [0.1, 0.15) is 5.82 Å². The van der Waals surface area contributed by atoms with Gasteiger partial charge in [0.15, 0.2) is 0 Å². The molecule has 4 nitrogen and oxygen atoms in total. The summed E-state index contributed by atoms with van der Waals surface area (Å²) >= 11 is 5.58. The Hall–Kier alpha value is -0.870. The predicted octanol–water partition coefficient (Wildman–Crippen LogP) is 1.30. The van der Waals surface area contributed by atoms with Gasteiger partial charge in [-0.2, -0.15) is 0 Å². The first-order valence-corrected chi connectivity index (χ1v) is 4.88. The van der Waals surface area contributed by atoms with Gasteiger partial charge >= 0.3 is 0 Å². The molecule has 0 aliphatic heterocycles. The third-order valence-corrected chi connectivity index (χ3v) is 2.12. The lowest BCUT2D eigenvalue weighted by molar-refractivity contribution is 0.206. The summed E-state index contributed by atoms with van der Waals surface area (Å²) in [5, 5.41) is 0. The van der Waals surface area contributed by atoms with Crippen LogP contribution in [0.5, 0.6) is 0 Å². The summed E-state index contributed by atoms with van der Waals surface area (Å²) in [6.45, 7) is 1.51. The van der Waals surface area contributed by atoms with Gasteiger partial charge in [-0.1, -0.05) is 0 Å². The maximum Gasteiger partial charge on any atom is 0.143 e. The summed E-state index contributed by atoms with van der Waals surface area (Å²) in [6, 6.07) is 0. The van der Waals surface area contributed by atoms with E-state index in [1.165, 1.54) is 0 Å². The first-order valence-electron chi connectivity index (χ1n) is 4.35. The van der Waals surface area contributed by atoms with E-state index in [9.17, 15) is 0 Å². The number of hydrogen-bond donors (Lipinski definition) is 0. The first-order chi connectivity index (χ1) is 6.77. The summed E-state index contributed by atoms with van der Waals surface area (Å²) in [7, 11) is 3.65. The lowest BCUT2D eigenvalue weighted by Crippen LogP contribution is -2.22. The number of nitrogens with zero attached hydrogens (tertiary/aromatic N) is 3. The van der Waals surface area contributed by atoms with Crippen LogP contribution in [0.25, 0.3) is 0 Å². The van der Waals surface area contributed by atoms with Crippen LogP contribution in [0.3, 0.4) is 0 Å². The molecule has 0 bridgehead atoms. The number of methoxy groups -OCH3 is 1. The largest absolute Gasteiger partial charge is 0.383 e. The van der Waals surface area contributed by atoms with Gasteiger partial charge in [-0.3, -0.25) is 0 Å². The molecule has 0 aliphatic rings. The van der Waals surface area contributed by atoms with Crippen LogP contribution in [0.15, 0.2) is 12.4 Å². The van der Waals surface area contributed by atoms with Crippen LogP contribution in [0, 0.1) is 0 Å². The first kappa shape index (κ1) is 11.2. The fraction of sp³-hybridized carbons (Fsp3) is 0.556. The Labute approximate surface area is 88.9 Å². The van der Waals surface area contributed by atoms with Crippen LogP contribution in [0.4, 0.5) is 5.69 Å². The van der Waals surface area contributed by atoms with Crippen LogP contribution in [0.2, 0.25) is 0 Å². The molecule has 0 atom stereocenters. The van der Waals surface area contributed by atoms with Crippen molar-refractivity contribution in [2.75, 3.05) is 32.2 Å². The van der Waals surface area contributed by atoms with Gasteiger partial charge in [0.25, 0.3) is 0 Å². The van der Waals surface area contributed by atoms with Gasteiger partial charge in [0.2, 0.25) is 0 Å². The maximum absolute atomic E-state index is 5.58. The van der Waals surface area contributed by atoms with E-state index in [-0.39, 0.29) is 0 Å². The van der Waals surface area contributed by atoms with Crippen molar-refractivity contribution in [1.82, 2.24) is 9.97 Å². The minimum atomic E-state index is 0.349. The molecule has 1 rings (SSSR count). The summed E-state index contributed by atoms with van der Waals surface area (Å²) in [5.74, 6) is 0.998. The number of ether oxygens (including phenoxy) is 1. The third kappa shape index (κ3) is 3.12. The van der Waals surface area contributed by atoms with Gasteiger partial charge in [0.1, 0.15) is 5.82 Å². The summed E-state index contributed by atoms with van der Waals surface area (Å²) < 4.78 is 4.98. The second-order valence-corrected chi connectivity index (χ2v) is 3.17. The summed E-state index contributed by atoms with van der Waals surface area (Å²) in [4.78, 5) is 10.2. The van der Waals surface area contributed by atoms with Crippen molar-refractivity contribution in [3.8, 4) is 0 Å². The van der Waals surface area contributed by atoms with E-state index in [1.54, 1.807) is 19.5 Å². The molecule has 14 heavy (non-hydrogen) atoms. The quantitative estimate of drug-likeness (QED) is 0.694. The molecular weight excluding hydrogens is 202 g/mol. The Morgan fingerprint density at radius 1 is 1.43 bits per heavy atom. The molecule has 1 heterocycles. The molecule has 5 heteroatoms. The average molecular weight is 216 g/mol. The molecule has 0 aromatic carbocycles. The minimum Gasteiger partial charge on any atom is -0.383 e. The molecule has 0 amide bonds. The van der Waals surface area contributed by atoms with E-state index in [0.717, 1.165) is 12.2 Å². The van der Waals surface area contributed by atoms with Crippen molar-refractivity contribution >= 4 is 17.3 Å². The smallest absolute Gasteiger partial charge is 0.143 e. The van der Waals surface area contributed by atoms with Crippen LogP contribution >= 0.6 is 11.6 Å². The predicted molar refractivity (Wildman–Crippen MR) is 56.7 cm³/mol. The highest BCUT2D eigenvalue weighted by atomic mass is 35.5. The van der Waals surface area contributed by atoms with Gasteiger partial charge in [-0.05, 0) is 0 Å². The average Bonchev–Trinajstić information content (AvgIpc) is 2.26. The highest BCUT2D eigenvalue weighted by molar-refractivity contribution is 6.16. The standard InChI is InChI=1S/C9H14ClN3O/c1-13(3-4-14-2)8-6-11-9(5-10)12-7-8/h6-7H,3-5H2,1-2H3. The highest BCUT2D eigenvalue weighted by Gasteiger charge is 2.01. The zero-order chi connectivity index (χ0) is 10.4. The number of halogens is 1. The third-order valence-electron chi connectivity index (χ3n) is 1.88. The van der Waals surface area contributed by atoms with Gasteiger partial charge in [0.05, 0.1) is 30.6 Å². The number of rotatable bonds is 5.